The van der Waals surface area contributed by atoms with Gasteiger partial charge in [-0.1, -0.05) is 12.8 Å². The summed E-state index contributed by atoms with van der Waals surface area (Å²) < 4.78 is 5.59. The van der Waals surface area contributed by atoms with Gasteiger partial charge in [-0.2, -0.15) is 10.2 Å². The van der Waals surface area contributed by atoms with E-state index in [9.17, 15) is 4.79 Å². The average Bonchev–Trinajstić information content (AvgIpc) is 3.66. The van der Waals surface area contributed by atoms with Gasteiger partial charge >= 0.3 is 6.03 Å². The summed E-state index contributed by atoms with van der Waals surface area (Å²) in [5, 5.41) is 14.8. The molecule has 9 nitrogen and oxygen atoms in total. The predicted octanol–water partition coefficient (Wildman–Crippen LogP) is 4.46. The van der Waals surface area contributed by atoms with Crippen molar-refractivity contribution in [3.63, 3.8) is 0 Å². The van der Waals surface area contributed by atoms with Crippen LogP contribution >= 0.6 is 0 Å². The van der Waals surface area contributed by atoms with Crippen molar-refractivity contribution in [2.24, 2.45) is 0 Å². The van der Waals surface area contributed by atoms with Gasteiger partial charge in [0.2, 0.25) is 0 Å². The fourth-order valence-corrected chi connectivity index (χ4v) is 4.55. The van der Waals surface area contributed by atoms with Crippen LogP contribution in [-0.4, -0.2) is 41.2 Å². The Morgan fingerprint density at radius 1 is 0.882 bits per heavy atom. The molecule has 3 aromatic heterocycles. The number of hydrogen-bond acceptors (Lipinski definition) is 4. The highest BCUT2D eigenvalue weighted by Gasteiger charge is 2.18. The third-order valence-corrected chi connectivity index (χ3v) is 6.20. The lowest BCUT2D eigenvalue weighted by Crippen LogP contribution is -2.36. The fraction of sp³-hybridized carbons (Fsp3) is 0.200. The lowest BCUT2D eigenvalue weighted by atomic mass is 10.2. The highest BCUT2D eigenvalue weighted by Crippen LogP contribution is 2.26. The quantitative estimate of drug-likeness (QED) is 0.412. The summed E-state index contributed by atoms with van der Waals surface area (Å²) in [7, 11) is 0. The van der Waals surface area contributed by atoms with Crippen LogP contribution in [0.5, 0.6) is 0 Å². The van der Waals surface area contributed by atoms with E-state index in [1.54, 1.807) is 23.4 Å². The minimum atomic E-state index is -0.185. The normalized spacial score (nSPS) is 14.0. The number of amides is 2. The van der Waals surface area contributed by atoms with E-state index in [0.717, 1.165) is 40.9 Å². The molecule has 6 rings (SSSR count). The number of imidazole rings is 1. The summed E-state index contributed by atoms with van der Waals surface area (Å²) in [6.45, 7) is 0. The maximum Gasteiger partial charge on any atom is 0.319 e. The van der Waals surface area contributed by atoms with Crippen LogP contribution in [0.25, 0.3) is 28.1 Å². The van der Waals surface area contributed by atoms with E-state index in [1.807, 2.05) is 70.2 Å². The molecular formula is C25H24N8O. The third kappa shape index (κ3) is 3.92. The highest BCUT2D eigenvalue weighted by molar-refractivity contribution is 5.90. The van der Waals surface area contributed by atoms with Gasteiger partial charge in [-0.05, 0) is 61.4 Å². The van der Waals surface area contributed by atoms with E-state index in [-0.39, 0.29) is 12.1 Å². The Labute approximate surface area is 196 Å². The molecule has 0 unspecified atom stereocenters. The van der Waals surface area contributed by atoms with Crippen molar-refractivity contribution in [2.45, 2.75) is 31.7 Å². The number of rotatable bonds is 5. The van der Waals surface area contributed by atoms with Crippen LogP contribution in [0.3, 0.4) is 0 Å². The molecule has 0 radical (unpaired) electrons. The molecule has 2 amide bonds. The number of nitrogens with zero attached hydrogens (tertiary/aromatic N) is 6. The second-order valence-corrected chi connectivity index (χ2v) is 8.51. The first-order valence-corrected chi connectivity index (χ1v) is 11.4. The van der Waals surface area contributed by atoms with Crippen LogP contribution in [0, 0.1) is 0 Å². The SMILES string of the molecule is O=C(Nc1cc(-n2cccn2)cc(-n2cnc3cc(-n4cccn4)ccc32)c1)NC1CCCC1. The van der Waals surface area contributed by atoms with Gasteiger partial charge in [-0.15, -0.1) is 0 Å². The van der Waals surface area contributed by atoms with Gasteiger partial charge in [0.05, 0.1) is 28.1 Å². The Bertz CT molecular complexity index is 1430. The summed E-state index contributed by atoms with van der Waals surface area (Å²) in [4.78, 5) is 17.3. The largest absolute Gasteiger partial charge is 0.335 e. The molecule has 2 N–H and O–H groups in total. The summed E-state index contributed by atoms with van der Waals surface area (Å²) in [5.41, 5.74) is 5.15. The summed E-state index contributed by atoms with van der Waals surface area (Å²) >= 11 is 0. The minimum Gasteiger partial charge on any atom is -0.335 e. The van der Waals surface area contributed by atoms with Crippen LogP contribution in [0.15, 0.2) is 79.6 Å². The smallest absolute Gasteiger partial charge is 0.319 e. The molecular weight excluding hydrogens is 428 g/mol. The maximum absolute atomic E-state index is 12.7. The molecule has 1 saturated carbocycles. The zero-order valence-electron chi connectivity index (χ0n) is 18.5. The Kier molecular flexibility index (Phi) is 5.06. The molecule has 0 bridgehead atoms. The number of fused-ring (bicyclic) bond motifs is 1. The lowest BCUT2D eigenvalue weighted by molar-refractivity contribution is 0.248. The summed E-state index contributed by atoms with van der Waals surface area (Å²) in [6, 6.07) is 15.8. The molecule has 5 aromatic rings. The number of urea groups is 1. The van der Waals surface area contributed by atoms with E-state index < -0.39 is 0 Å². The molecule has 3 heterocycles. The number of carbonyl (C=O) groups excluding carboxylic acids is 1. The van der Waals surface area contributed by atoms with Gasteiger partial charge in [0.1, 0.15) is 6.33 Å². The number of hydrogen-bond donors (Lipinski definition) is 2. The van der Waals surface area contributed by atoms with Crippen molar-refractivity contribution in [1.29, 1.82) is 0 Å². The molecule has 0 aliphatic heterocycles. The molecule has 9 heteroatoms. The van der Waals surface area contributed by atoms with Crippen molar-refractivity contribution < 1.29 is 4.79 Å². The van der Waals surface area contributed by atoms with Crippen molar-refractivity contribution in [3.8, 4) is 17.1 Å². The predicted molar refractivity (Wildman–Crippen MR) is 130 cm³/mol. The molecule has 34 heavy (non-hydrogen) atoms. The standard InChI is InChI=1S/C25H24N8O/c34-25(29-18-5-1-2-6-18)30-19-13-21(15-22(14-19)33-12-4-10-28-33)31-17-26-23-16-20(7-8-24(23)31)32-11-3-9-27-32/h3-4,7-18H,1-2,5-6H2,(H2,29,30,34). The Hall–Kier alpha value is -4.40. The molecule has 1 aliphatic carbocycles. The summed E-state index contributed by atoms with van der Waals surface area (Å²) in [5.74, 6) is 0. The number of aromatic nitrogens is 6. The van der Waals surface area contributed by atoms with E-state index in [4.69, 9.17) is 0 Å². The molecule has 170 valence electrons. The van der Waals surface area contributed by atoms with Crippen LogP contribution < -0.4 is 10.6 Å². The van der Waals surface area contributed by atoms with Gasteiger partial charge in [0.15, 0.2) is 0 Å². The summed E-state index contributed by atoms with van der Waals surface area (Å²) in [6.07, 6.45) is 13.5. The highest BCUT2D eigenvalue weighted by atomic mass is 16.2. The second-order valence-electron chi connectivity index (χ2n) is 8.51. The monoisotopic (exact) mass is 452 g/mol. The minimum absolute atomic E-state index is 0.185. The van der Waals surface area contributed by atoms with Crippen molar-refractivity contribution in [1.82, 2.24) is 34.4 Å². The zero-order chi connectivity index (χ0) is 22.9. The van der Waals surface area contributed by atoms with Gasteiger partial charge in [-0.25, -0.2) is 19.1 Å². The number of carbonyl (C=O) groups is 1. The third-order valence-electron chi connectivity index (χ3n) is 6.20. The fourth-order valence-electron chi connectivity index (χ4n) is 4.55. The van der Waals surface area contributed by atoms with Gasteiger partial charge in [0.25, 0.3) is 0 Å². The van der Waals surface area contributed by atoms with Crippen molar-refractivity contribution >= 4 is 22.8 Å². The first-order chi connectivity index (χ1) is 16.7. The van der Waals surface area contributed by atoms with Crippen LogP contribution in [0.1, 0.15) is 25.7 Å². The molecule has 0 spiro atoms. The average molecular weight is 453 g/mol. The van der Waals surface area contributed by atoms with Crippen LogP contribution in [-0.2, 0) is 0 Å². The molecule has 2 aromatic carbocycles. The van der Waals surface area contributed by atoms with E-state index >= 15 is 0 Å². The zero-order valence-corrected chi connectivity index (χ0v) is 18.5. The first-order valence-electron chi connectivity index (χ1n) is 11.4. The van der Waals surface area contributed by atoms with Gasteiger partial charge in [-0.3, -0.25) is 4.57 Å². The van der Waals surface area contributed by atoms with E-state index in [2.05, 4.69) is 25.8 Å². The Morgan fingerprint density at radius 3 is 2.35 bits per heavy atom. The Morgan fingerprint density at radius 2 is 1.62 bits per heavy atom. The van der Waals surface area contributed by atoms with Gasteiger partial charge < -0.3 is 10.6 Å². The number of nitrogens with one attached hydrogen (secondary N) is 2. The van der Waals surface area contributed by atoms with Gasteiger partial charge in [0, 0.05) is 36.5 Å². The Balaban J connectivity index is 1.36. The molecule has 0 saturated heterocycles. The molecule has 0 atom stereocenters. The first kappa shape index (κ1) is 20.2. The second kappa shape index (κ2) is 8.51. The number of anilines is 1. The maximum atomic E-state index is 12.7. The van der Waals surface area contributed by atoms with Crippen molar-refractivity contribution in [2.75, 3.05) is 5.32 Å². The lowest BCUT2D eigenvalue weighted by Gasteiger charge is -2.15. The topological polar surface area (TPSA) is 94.6 Å². The van der Waals surface area contributed by atoms with Crippen molar-refractivity contribution in [3.05, 3.63) is 79.6 Å². The van der Waals surface area contributed by atoms with Crippen LogP contribution in [0.2, 0.25) is 0 Å². The van der Waals surface area contributed by atoms with Crippen LogP contribution in [0.4, 0.5) is 10.5 Å². The van der Waals surface area contributed by atoms with E-state index in [1.165, 1.54) is 12.8 Å². The molecule has 1 aliphatic rings. The number of benzene rings is 2. The van der Waals surface area contributed by atoms with E-state index in [0.29, 0.717) is 5.69 Å². The molecule has 1 fully saturated rings.